The van der Waals surface area contributed by atoms with Crippen molar-refractivity contribution in [2.24, 2.45) is 0 Å². The molecule has 0 saturated carbocycles. The highest BCUT2D eigenvalue weighted by atomic mass is 16.5. The van der Waals surface area contributed by atoms with Gasteiger partial charge in [0.2, 0.25) is 0 Å². The topological polar surface area (TPSA) is 107 Å². The van der Waals surface area contributed by atoms with E-state index < -0.39 is 0 Å². The largest absolute Gasteiger partial charge is 0.497 e. The smallest absolute Gasteiger partial charge is 0.119 e. The number of rotatable bonds is 4. The summed E-state index contributed by atoms with van der Waals surface area (Å²) in [5.41, 5.74) is 27.7. The first-order valence-electron chi connectivity index (χ1n) is 24.5. The van der Waals surface area contributed by atoms with Crippen molar-refractivity contribution in [2.75, 3.05) is 52.1 Å². The van der Waals surface area contributed by atoms with Crippen molar-refractivity contribution in [3.63, 3.8) is 0 Å². The van der Waals surface area contributed by atoms with Gasteiger partial charge in [0.25, 0.3) is 0 Å². The van der Waals surface area contributed by atoms with Crippen LogP contribution in [0.2, 0.25) is 0 Å². The Bertz CT molecular complexity index is 2580. The molecular weight excluding hydrogens is 869 g/mol. The lowest BCUT2D eigenvalue weighted by Gasteiger charge is -2.17. The SMILES string of the molecule is COc1ccc(-c2cc3c(N)c(c2)-c2ccc(cc2)OCCCCCCOc2ccc(cc2)-c2cc(-c4ccc(OC)cc4)cc(c2N)-c2ccc(cc2)OCCCCCCOc2ccc-3cc2)cc1. The van der Waals surface area contributed by atoms with Crippen LogP contribution in [-0.4, -0.2) is 40.6 Å². The maximum Gasteiger partial charge on any atom is 0.119 e. The molecule has 4 N–H and O–H groups in total. The molecule has 70 heavy (non-hydrogen) atoms. The van der Waals surface area contributed by atoms with Crippen LogP contribution in [0.25, 0.3) is 66.8 Å². The Kier molecular flexibility index (Phi) is 15.5. The zero-order valence-corrected chi connectivity index (χ0v) is 40.3. The van der Waals surface area contributed by atoms with E-state index in [4.69, 9.17) is 39.9 Å². The summed E-state index contributed by atoms with van der Waals surface area (Å²) in [6, 6.07) is 58.0. The lowest BCUT2D eigenvalue weighted by atomic mass is 9.91. The molecule has 0 radical (unpaired) electrons. The van der Waals surface area contributed by atoms with Gasteiger partial charge in [-0.25, -0.2) is 0 Å². The van der Waals surface area contributed by atoms with Gasteiger partial charge in [0.05, 0.1) is 40.6 Å². The number of hydrogen-bond acceptors (Lipinski definition) is 8. The summed E-state index contributed by atoms with van der Waals surface area (Å²) in [6.45, 7) is 2.57. The van der Waals surface area contributed by atoms with E-state index in [1.54, 1.807) is 14.2 Å². The van der Waals surface area contributed by atoms with Crippen molar-refractivity contribution < 1.29 is 28.4 Å². The molecule has 0 saturated heterocycles. The van der Waals surface area contributed by atoms with E-state index in [-0.39, 0.29) is 0 Å². The lowest BCUT2D eigenvalue weighted by molar-refractivity contribution is 0.287. The normalized spacial score (nSPS) is 13.7. The highest BCUT2D eigenvalue weighted by molar-refractivity contribution is 5.95. The van der Waals surface area contributed by atoms with Crippen LogP contribution in [0, 0.1) is 0 Å². The molecule has 8 nitrogen and oxygen atoms in total. The minimum Gasteiger partial charge on any atom is -0.497 e. The second-order valence-electron chi connectivity index (χ2n) is 17.7. The van der Waals surface area contributed by atoms with Gasteiger partial charge < -0.3 is 39.9 Å². The summed E-state index contributed by atoms with van der Waals surface area (Å²) < 4.78 is 35.7. The average Bonchev–Trinajstić information content (AvgIpc) is 3.41. The van der Waals surface area contributed by atoms with Gasteiger partial charge in [0, 0.05) is 33.6 Å². The van der Waals surface area contributed by atoms with E-state index in [0.717, 1.165) is 164 Å². The summed E-state index contributed by atoms with van der Waals surface area (Å²) in [5, 5.41) is 0. The van der Waals surface area contributed by atoms with Gasteiger partial charge in [0.1, 0.15) is 34.5 Å². The van der Waals surface area contributed by atoms with E-state index in [1.165, 1.54) is 0 Å². The standard InChI is InChI=1S/C62H62N2O6/c1-65-51-23-11-43(12-24-51)49-39-57-45-15-27-53(28-16-45)67-35-7-3-5-9-37-69-55-31-19-47(20-32-55)59-41-50(44-13-25-52(66-2)26-14-44)42-60(62(59)64)48-21-33-56(34-22-48)70-38-10-6-4-8-36-68-54-29-17-46(18-30-54)58(40-49)61(57)63/h11-34,39-42H,3-10,35-38,63-64H2,1-2H3. The van der Waals surface area contributed by atoms with Crippen LogP contribution in [0.4, 0.5) is 11.4 Å². The third-order valence-electron chi connectivity index (χ3n) is 13.0. The minimum atomic E-state index is 0.644. The predicted molar refractivity (Wildman–Crippen MR) is 286 cm³/mol. The van der Waals surface area contributed by atoms with E-state index in [2.05, 4.69) is 97.1 Å². The molecule has 7 heterocycles. The van der Waals surface area contributed by atoms with Crippen LogP contribution in [0.5, 0.6) is 34.5 Å². The fraction of sp³-hybridized carbons (Fsp3) is 0.226. The second kappa shape index (κ2) is 23.0. The third kappa shape index (κ3) is 11.7. The molecule has 0 fully saturated rings. The molecule has 7 aliphatic heterocycles. The average molecular weight is 931 g/mol. The molecule has 8 aromatic rings. The Labute approximate surface area is 412 Å². The molecule has 0 aliphatic carbocycles. The molecule has 7 aliphatic rings. The van der Waals surface area contributed by atoms with Gasteiger partial charge in [-0.3, -0.25) is 0 Å². The molecule has 0 aromatic heterocycles. The van der Waals surface area contributed by atoms with Crippen LogP contribution in [0.1, 0.15) is 51.4 Å². The Morgan fingerprint density at radius 1 is 0.286 bits per heavy atom. The van der Waals surface area contributed by atoms with E-state index >= 15 is 0 Å². The molecule has 0 spiro atoms. The fourth-order valence-electron chi connectivity index (χ4n) is 8.96. The van der Waals surface area contributed by atoms with Gasteiger partial charge in [-0.05, 0) is 193 Å². The lowest BCUT2D eigenvalue weighted by Crippen LogP contribution is -2.01. The van der Waals surface area contributed by atoms with E-state index in [1.807, 2.05) is 72.8 Å². The first-order valence-corrected chi connectivity index (χ1v) is 24.5. The van der Waals surface area contributed by atoms with Crippen molar-refractivity contribution in [3.05, 3.63) is 170 Å². The minimum absolute atomic E-state index is 0.644. The number of benzene rings is 8. The molecule has 15 rings (SSSR count). The Morgan fingerprint density at radius 3 is 0.743 bits per heavy atom. The van der Waals surface area contributed by atoms with Gasteiger partial charge in [0.15, 0.2) is 0 Å². The van der Waals surface area contributed by atoms with Gasteiger partial charge in [-0.1, -0.05) is 72.8 Å². The monoisotopic (exact) mass is 930 g/mol. The maximum atomic E-state index is 7.04. The van der Waals surface area contributed by atoms with Crippen molar-refractivity contribution in [3.8, 4) is 101 Å². The molecular formula is C62H62N2O6. The van der Waals surface area contributed by atoms with E-state index in [0.29, 0.717) is 26.4 Å². The number of nitrogen functional groups attached to an aromatic ring is 2. The first-order chi connectivity index (χ1) is 34.4. The van der Waals surface area contributed by atoms with Gasteiger partial charge >= 0.3 is 0 Å². The van der Waals surface area contributed by atoms with Crippen LogP contribution < -0.4 is 39.9 Å². The molecule has 8 aromatic carbocycles. The Morgan fingerprint density at radius 2 is 0.514 bits per heavy atom. The fourth-order valence-corrected chi connectivity index (χ4v) is 8.96. The van der Waals surface area contributed by atoms with Crippen molar-refractivity contribution in [1.29, 1.82) is 0 Å². The summed E-state index contributed by atoms with van der Waals surface area (Å²) in [6.07, 6.45) is 8.02. The van der Waals surface area contributed by atoms with Crippen LogP contribution in [0.15, 0.2) is 170 Å². The quantitative estimate of drug-likeness (QED) is 0.168. The second-order valence-corrected chi connectivity index (χ2v) is 17.7. The van der Waals surface area contributed by atoms with E-state index in [9.17, 15) is 0 Å². The summed E-state index contributed by atoms with van der Waals surface area (Å²) >= 11 is 0. The van der Waals surface area contributed by atoms with Gasteiger partial charge in [-0.2, -0.15) is 0 Å². The zero-order valence-electron chi connectivity index (χ0n) is 40.3. The molecule has 8 heteroatoms. The molecule has 356 valence electrons. The molecule has 0 amide bonds. The summed E-state index contributed by atoms with van der Waals surface area (Å²) in [4.78, 5) is 0. The van der Waals surface area contributed by atoms with Crippen LogP contribution >= 0.6 is 0 Å². The third-order valence-corrected chi connectivity index (χ3v) is 13.0. The zero-order chi connectivity index (χ0) is 48.1. The number of anilines is 2. The Balaban J connectivity index is 0.913. The molecule has 12 bridgehead atoms. The molecule has 0 atom stereocenters. The predicted octanol–water partition coefficient (Wildman–Crippen LogP) is 15.2. The van der Waals surface area contributed by atoms with Crippen LogP contribution in [-0.2, 0) is 0 Å². The van der Waals surface area contributed by atoms with Crippen molar-refractivity contribution in [2.45, 2.75) is 51.4 Å². The maximum absolute atomic E-state index is 7.04. The molecule has 0 unspecified atom stereocenters. The number of hydrogen-bond donors (Lipinski definition) is 2. The van der Waals surface area contributed by atoms with Crippen molar-refractivity contribution in [1.82, 2.24) is 0 Å². The number of methoxy groups -OCH3 is 2. The van der Waals surface area contributed by atoms with Gasteiger partial charge in [-0.15, -0.1) is 0 Å². The highest BCUT2D eigenvalue weighted by Crippen LogP contribution is 2.42. The highest BCUT2D eigenvalue weighted by Gasteiger charge is 2.16. The Hall–Kier alpha value is -7.84. The summed E-state index contributed by atoms with van der Waals surface area (Å²) in [5.74, 6) is 4.97. The number of nitrogens with two attached hydrogens (primary N) is 2. The van der Waals surface area contributed by atoms with Crippen LogP contribution in [0.3, 0.4) is 0 Å². The number of ether oxygens (including phenoxy) is 6. The van der Waals surface area contributed by atoms with Crippen molar-refractivity contribution >= 4 is 11.4 Å². The summed E-state index contributed by atoms with van der Waals surface area (Å²) in [7, 11) is 3.37. The first kappa shape index (κ1) is 47.2.